The Morgan fingerprint density at radius 3 is 2.35 bits per heavy atom. The number of nitrogens with zero attached hydrogens (tertiary/aromatic N) is 3. The number of carbonyl (C=O) groups is 1. The van der Waals surface area contributed by atoms with Crippen LogP contribution in [-0.2, 0) is 15.6 Å². The van der Waals surface area contributed by atoms with Crippen molar-refractivity contribution in [1.29, 1.82) is 0 Å². The molecule has 1 N–H and O–H groups in total. The van der Waals surface area contributed by atoms with Gasteiger partial charge in [0.1, 0.15) is 6.54 Å². The van der Waals surface area contributed by atoms with E-state index in [0.717, 1.165) is 32.4 Å². The molecule has 43 heavy (non-hydrogen) atoms. The van der Waals surface area contributed by atoms with E-state index in [-0.39, 0.29) is 22.8 Å². The average molecular weight is 581 g/mol. The molecular formula is C38H50N3O2+. The minimum Gasteiger partial charge on any atom is -0.393 e. The first-order chi connectivity index (χ1) is 20.7. The predicted molar refractivity (Wildman–Crippen MR) is 178 cm³/mol. The number of piperidine rings is 1. The zero-order chi connectivity index (χ0) is 30.6. The van der Waals surface area contributed by atoms with E-state index in [0.29, 0.717) is 32.4 Å². The van der Waals surface area contributed by atoms with Gasteiger partial charge in [-0.2, -0.15) is 4.58 Å². The molecular weight excluding hydrogens is 530 g/mol. The fourth-order valence-electron chi connectivity index (χ4n) is 7.22. The number of hydrogen-bond donors (Lipinski definition) is 1. The van der Waals surface area contributed by atoms with Crippen LogP contribution in [-0.4, -0.2) is 58.5 Å². The highest BCUT2D eigenvalue weighted by Crippen LogP contribution is 2.47. The van der Waals surface area contributed by atoms with E-state index >= 15 is 0 Å². The van der Waals surface area contributed by atoms with E-state index in [9.17, 15) is 9.90 Å². The van der Waals surface area contributed by atoms with Crippen molar-refractivity contribution in [1.82, 2.24) is 4.90 Å². The number of likely N-dealkylation sites (N-methyl/N-ethyl adjacent to an activating group) is 1. The van der Waals surface area contributed by atoms with Gasteiger partial charge in [0.2, 0.25) is 11.6 Å². The molecule has 0 unspecified atom stereocenters. The van der Waals surface area contributed by atoms with Crippen LogP contribution < -0.4 is 4.90 Å². The molecule has 0 spiro atoms. The monoisotopic (exact) mass is 580 g/mol. The minimum atomic E-state index is -0.243. The summed E-state index contributed by atoms with van der Waals surface area (Å²) in [5.74, 6) is 0.239. The number of para-hydroxylation sites is 2. The quantitative estimate of drug-likeness (QED) is 0.181. The number of aliphatic hydroxyl groups excluding tert-OH is 1. The lowest BCUT2D eigenvalue weighted by Gasteiger charge is -2.29. The van der Waals surface area contributed by atoms with Gasteiger partial charge in [0.25, 0.3) is 0 Å². The van der Waals surface area contributed by atoms with Gasteiger partial charge in [-0.25, -0.2) is 0 Å². The number of rotatable bonds is 10. The Hall–Kier alpha value is -3.44. The molecule has 3 heterocycles. The maximum atomic E-state index is 12.6. The summed E-state index contributed by atoms with van der Waals surface area (Å²) < 4.78 is 2.49. The molecule has 0 aromatic heterocycles. The van der Waals surface area contributed by atoms with Gasteiger partial charge in [-0.3, -0.25) is 4.79 Å². The van der Waals surface area contributed by atoms with Crippen LogP contribution in [0.4, 0.5) is 11.4 Å². The zero-order valence-corrected chi connectivity index (χ0v) is 26.9. The molecule has 228 valence electrons. The Balaban J connectivity index is 1.26. The molecule has 3 aliphatic rings. The van der Waals surface area contributed by atoms with Crippen LogP contribution >= 0.6 is 0 Å². The summed E-state index contributed by atoms with van der Waals surface area (Å²) in [7, 11) is 0. The molecule has 2 aromatic rings. The van der Waals surface area contributed by atoms with E-state index in [4.69, 9.17) is 0 Å². The predicted octanol–water partition coefficient (Wildman–Crippen LogP) is 7.42. The first kappa shape index (κ1) is 31.0. The molecule has 0 atom stereocenters. The molecule has 1 fully saturated rings. The number of carbonyl (C=O) groups excluding carboxylic acids is 1. The van der Waals surface area contributed by atoms with E-state index < -0.39 is 0 Å². The molecule has 3 aliphatic heterocycles. The lowest BCUT2D eigenvalue weighted by Crippen LogP contribution is -2.39. The second-order valence-electron chi connectivity index (χ2n) is 13.3. The van der Waals surface area contributed by atoms with Crippen LogP contribution in [0.2, 0.25) is 0 Å². The van der Waals surface area contributed by atoms with Crippen LogP contribution in [0.25, 0.3) is 0 Å². The minimum absolute atomic E-state index is 0.0256. The average Bonchev–Trinajstić information content (AvgIpc) is 3.35. The third kappa shape index (κ3) is 6.28. The van der Waals surface area contributed by atoms with E-state index in [1.165, 1.54) is 33.9 Å². The highest BCUT2D eigenvalue weighted by molar-refractivity contribution is 6.03. The number of aliphatic hydroxyl groups is 1. The molecule has 0 aliphatic carbocycles. The first-order valence-corrected chi connectivity index (χ1v) is 16.3. The molecule has 5 rings (SSSR count). The van der Waals surface area contributed by atoms with E-state index in [2.05, 4.69) is 123 Å². The summed E-state index contributed by atoms with van der Waals surface area (Å²) in [6, 6.07) is 17.5. The third-order valence-corrected chi connectivity index (χ3v) is 9.73. The second kappa shape index (κ2) is 13.1. The number of allylic oxidation sites excluding steroid dienone is 6. The number of anilines is 1. The Labute approximate surface area is 258 Å². The maximum absolute atomic E-state index is 12.6. The van der Waals surface area contributed by atoms with Gasteiger partial charge in [-0.15, -0.1) is 0 Å². The fourth-order valence-corrected chi connectivity index (χ4v) is 7.22. The normalized spacial score (nSPS) is 20.6. The Morgan fingerprint density at radius 2 is 1.60 bits per heavy atom. The molecule has 0 saturated carbocycles. The van der Waals surface area contributed by atoms with Crippen molar-refractivity contribution in [2.45, 2.75) is 90.1 Å². The van der Waals surface area contributed by atoms with Crippen molar-refractivity contribution >= 4 is 23.0 Å². The standard InChI is InChI=1S/C38H50N3O2/c1-6-40-32-19-14-12-17-30(32)37(2,3)34(40)21-9-7-10-22-35-38(4,5)31-18-13-15-20-33(31)41(35)26-16-8-11-23-36(43)39-27-24-29(42)25-28-39/h7,9-10,12-15,17-22,29,42H,6,8,11,16,23-28H2,1-5H3/q+1. The van der Waals surface area contributed by atoms with E-state index in [1.807, 2.05) is 4.90 Å². The Bertz CT molecular complexity index is 1440. The van der Waals surface area contributed by atoms with Crippen LogP contribution in [0.15, 0.2) is 84.6 Å². The number of unbranched alkanes of at least 4 members (excludes halogenated alkanes) is 2. The van der Waals surface area contributed by atoms with Crippen molar-refractivity contribution < 1.29 is 14.5 Å². The summed E-state index contributed by atoms with van der Waals surface area (Å²) in [5.41, 5.74) is 7.91. The molecule has 5 heteroatoms. The Morgan fingerprint density at radius 1 is 0.907 bits per heavy atom. The fraction of sp³-hybridized carbons (Fsp3) is 0.474. The summed E-state index contributed by atoms with van der Waals surface area (Å²) >= 11 is 0. The molecule has 5 nitrogen and oxygen atoms in total. The lowest BCUT2D eigenvalue weighted by atomic mass is 9.81. The number of fused-ring (bicyclic) bond motifs is 2. The molecule has 0 bridgehead atoms. The number of amides is 1. The topological polar surface area (TPSA) is 46.8 Å². The van der Waals surface area contributed by atoms with Gasteiger partial charge in [0, 0.05) is 67.0 Å². The van der Waals surface area contributed by atoms with Gasteiger partial charge in [0.15, 0.2) is 5.71 Å². The molecule has 0 radical (unpaired) electrons. The van der Waals surface area contributed by atoms with Gasteiger partial charge >= 0.3 is 0 Å². The van der Waals surface area contributed by atoms with Gasteiger partial charge < -0.3 is 14.9 Å². The lowest BCUT2D eigenvalue weighted by molar-refractivity contribution is -0.438. The van der Waals surface area contributed by atoms with Crippen LogP contribution in [0.1, 0.15) is 84.3 Å². The zero-order valence-electron chi connectivity index (χ0n) is 26.9. The van der Waals surface area contributed by atoms with Crippen molar-refractivity contribution in [2.75, 3.05) is 31.1 Å². The highest BCUT2D eigenvalue weighted by Gasteiger charge is 2.43. The number of benzene rings is 2. The first-order valence-electron chi connectivity index (χ1n) is 16.3. The van der Waals surface area contributed by atoms with Crippen molar-refractivity contribution in [3.05, 3.63) is 95.7 Å². The molecule has 2 aromatic carbocycles. The van der Waals surface area contributed by atoms with Crippen LogP contribution in [0.3, 0.4) is 0 Å². The van der Waals surface area contributed by atoms with E-state index in [1.54, 1.807) is 0 Å². The smallest absolute Gasteiger partial charge is 0.222 e. The number of likely N-dealkylation sites (tertiary alicyclic amines) is 1. The molecule has 1 saturated heterocycles. The summed E-state index contributed by atoms with van der Waals surface area (Å²) in [4.78, 5) is 17.0. The van der Waals surface area contributed by atoms with Gasteiger partial charge in [-0.05, 0) is 64.2 Å². The summed E-state index contributed by atoms with van der Waals surface area (Å²) in [6.45, 7) is 14.8. The third-order valence-electron chi connectivity index (χ3n) is 9.73. The second-order valence-corrected chi connectivity index (χ2v) is 13.3. The van der Waals surface area contributed by atoms with Crippen molar-refractivity contribution in [3.8, 4) is 0 Å². The van der Waals surface area contributed by atoms with Gasteiger partial charge in [-0.1, -0.05) is 68.5 Å². The molecule has 1 amide bonds. The summed E-state index contributed by atoms with van der Waals surface area (Å²) in [5, 5.41) is 9.72. The maximum Gasteiger partial charge on any atom is 0.222 e. The van der Waals surface area contributed by atoms with Crippen LogP contribution in [0, 0.1) is 0 Å². The SMILES string of the molecule is CCN1/C(=C/C=C/C=C/C2=[N+](CCCCCC(=O)N3CCC(O)CC3)c3ccccc3C2(C)C)C(C)(C)c2ccccc21. The summed E-state index contributed by atoms with van der Waals surface area (Å²) in [6.07, 6.45) is 15.8. The van der Waals surface area contributed by atoms with Crippen molar-refractivity contribution in [2.24, 2.45) is 0 Å². The van der Waals surface area contributed by atoms with Crippen LogP contribution in [0.5, 0.6) is 0 Å². The Kier molecular flexibility index (Phi) is 9.41. The van der Waals surface area contributed by atoms with Crippen molar-refractivity contribution in [3.63, 3.8) is 0 Å². The number of hydrogen-bond acceptors (Lipinski definition) is 3. The highest BCUT2D eigenvalue weighted by atomic mass is 16.3. The van der Waals surface area contributed by atoms with Gasteiger partial charge in [0.05, 0.1) is 11.5 Å². The largest absolute Gasteiger partial charge is 0.393 e.